The van der Waals surface area contributed by atoms with Crippen LogP contribution in [0.15, 0.2) is 40.9 Å². The smallest absolute Gasteiger partial charge is 0.261 e. The zero-order valence-corrected chi connectivity index (χ0v) is 22.1. The highest BCUT2D eigenvalue weighted by Crippen LogP contribution is 2.32. The van der Waals surface area contributed by atoms with Gasteiger partial charge in [0.15, 0.2) is 6.61 Å². The zero-order valence-electron chi connectivity index (χ0n) is 19.0. The molecule has 0 saturated heterocycles. The van der Waals surface area contributed by atoms with E-state index in [1.165, 1.54) is 4.90 Å². The highest BCUT2D eigenvalue weighted by Gasteiger charge is 2.28. The summed E-state index contributed by atoms with van der Waals surface area (Å²) in [5.41, 5.74) is 1.71. The number of nitrogens with one attached hydrogen (secondary N) is 1. The van der Waals surface area contributed by atoms with Gasteiger partial charge in [0.1, 0.15) is 11.8 Å². The van der Waals surface area contributed by atoms with E-state index in [-0.39, 0.29) is 30.4 Å². The fourth-order valence-electron chi connectivity index (χ4n) is 3.07. The van der Waals surface area contributed by atoms with Crippen molar-refractivity contribution >= 4 is 50.9 Å². The van der Waals surface area contributed by atoms with Crippen LogP contribution in [0.4, 0.5) is 0 Å². The summed E-state index contributed by atoms with van der Waals surface area (Å²) in [6, 6.07) is 10.2. The zero-order chi connectivity index (χ0) is 24.1. The number of amides is 2. The average molecular weight is 544 g/mol. The minimum absolute atomic E-state index is 0.00996. The van der Waals surface area contributed by atoms with Crippen molar-refractivity contribution in [3.8, 4) is 5.75 Å². The third-order valence-corrected chi connectivity index (χ3v) is 6.39. The van der Waals surface area contributed by atoms with Gasteiger partial charge in [-0.15, -0.1) is 0 Å². The molecule has 5 nitrogen and oxygen atoms in total. The summed E-state index contributed by atoms with van der Waals surface area (Å²) in [6.45, 7) is 10.2. The van der Waals surface area contributed by atoms with Crippen LogP contribution in [0.1, 0.15) is 45.7 Å². The Labute approximate surface area is 208 Å². The summed E-state index contributed by atoms with van der Waals surface area (Å²) >= 11 is 16.1. The van der Waals surface area contributed by atoms with E-state index in [4.69, 9.17) is 27.9 Å². The highest BCUT2D eigenvalue weighted by molar-refractivity contribution is 9.10. The fourth-order valence-corrected chi connectivity index (χ4v) is 4.08. The normalized spacial score (nSPS) is 12.2. The SMILES string of the molecule is CCNC(=O)[C@@H](C)N(Cc1c(Cl)cccc1Cl)C(=O)COc1ccc(C(C)(C)C)cc1Br. The van der Waals surface area contributed by atoms with Gasteiger partial charge < -0.3 is 15.0 Å². The van der Waals surface area contributed by atoms with Gasteiger partial charge in [0.2, 0.25) is 5.91 Å². The van der Waals surface area contributed by atoms with Crippen LogP contribution in [-0.2, 0) is 21.5 Å². The molecule has 0 aliphatic carbocycles. The Hall–Kier alpha value is -1.76. The Morgan fingerprint density at radius 2 is 1.78 bits per heavy atom. The molecule has 2 rings (SSSR count). The lowest BCUT2D eigenvalue weighted by atomic mass is 9.87. The average Bonchev–Trinajstić information content (AvgIpc) is 2.71. The predicted octanol–water partition coefficient (Wildman–Crippen LogP) is 5.99. The summed E-state index contributed by atoms with van der Waals surface area (Å²) in [6.07, 6.45) is 0. The van der Waals surface area contributed by atoms with E-state index in [1.807, 2.05) is 25.1 Å². The Kier molecular flexibility index (Phi) is 9.43. The van der Waals surface area contributed by atoms with E-state index in [0.29, 0.717) is 27.9 Å². The number of ether oxygens (including phenoxy) is 1. The third-order valence-electron chi connectivity index (χ3n) is 5.06. The van der Waals surface area contributed by atoms with Crippen LogP contribution in [0, 0.1) is 0 Å². The molecule has 0 saturated carbocycles. The van der Waals surface area contributed by atoms with E-state index in [0.717, 1.165) is 10.0 Å². The number of halogens is 3. The standard InChI is InChI=1S/C24H29BrCl2N2O3/c1-6-28-23(31)15(2)29(13-17-19(26)8-7-9-20(17)27)22(30)14-32-21-11-10-16(12-18(21)25)24(3,4)5/h7-12,15H,6,13-14H2,1-5H3,(H,28,31)/t15-/m1/s1. The van der Waals surface area contributed by atoms with Crippen LogP contribution in [0.25, 0.3) is 0 Å². The molecular weight excluding hydrogens is 515 g/mol. The lowest BCUT2D eigenvalue weighted by Gasteiger charge is -2.29. The fraction of sp³-hybridized carbons (Fsp3) is 0.417. The van der Waals surface area contributed by atoms with E-state index in [1.54, 1.807) is 25.1 Å². The Morgan fingerprint density at radius 3 is 2.31 bits per heavy atom. The molecule has 0 aromatic heterocycles. The second-order valence-corrected chi connectivity index (χ2v) is 10.1. The summed E-state index contributed by atoms with van der Waals surface area (Å²) in [7, 11) is 0. The molecule has 32 heavy (non-hydrogen) atoms. The number of hydrogen-bond donors (Lipinski definition) is 1. The van der Waals surface area contributed by atoms with Crippen molar-refractivity contribution in [1.82, 2.24) is 10.2 Å². The second kappa shape index (κ2) is 11.4. The van der Waals surface area contributed by atoms with Crippen LogP contribution < -0.4 is 10.1 Å². The van der Waals surface area contributed by atoms with E-state index >= 15 is 0 Å². The van der Waals surface area contributed by atoms with Crippen molar-refractivity contribution in [2.24, 2.45) is 0 Å². The maximum absolute atomic E-state index is 13.2. The Bertz CT molecular complexity index is 956. The quantitative estimate of drug-likeness (QED) is 0.445. The van der Waals surface area contributed by atoms with Gasteiger partial charge in [-0.05, 0) is 65.0 Å². The molecule has 0 fully saturated rings. The molecule has 0 spiro atoms. The first-order valence-corrected chi connectivity index (χ1v) is 11.9. The minimum Gasteiger partial charge on any atom is -0.483 e. The van der Waals surface area contributed by atoms with Crippen molar-refractivity contribution in [3.05, 3.63) is 62.0 Å². The van der Waals surface area contributed by atoms with Crippen molar-refractivity contribution < 1.29 is 14.3 Å². The van der Waals surface area contributed by atoms with Gasteiger partial charge in [0, 0.05) is 28.7 Å². The van der Waals surface area contributed by atoms with Gasteiger partial charge in [-0.1, -0.05) is 56.1 Å². The van der Waals surface area contributed by atoms with Gasteiger partial charge in [-0.3, -0.25) is 9.59 Å². The van der Waals surface area contributed by atoms with E-state index in [9.17, 15) is 9.59 Å². The van der Waals surface area contributed by atoms with Crippen LogP contribution >= 0.6 is 39.1 Å². The monoisotopic (exact) mass is 542 g/mol. The summed E-state index contributed by atoms with van der Waals surface area (Å²) in [5.74, 6) is -0.0704. The first-order chi connectivity index (χ1) is 15.0. The summed E-state index contributed by atoms with van der Waals surface area (Å²) in [4.78, 5) is 27.1. The molecule has 0 radical (unpaired) electrons. The molecule has 1 atom stereocenters. The number of benzene rings is 2. The maximum atomic E-state index is 13.2. The van der Waals surface area contributed by atoms with Crippen LogP contribution in [0.5, 0.6) is 5.75 Å². The van der Waals surface area contributed by atoms with Crippen molar-refractivity contribution in [1.29, 1.82) is 0 Å². The first-order valence-electron chi connectivity index (χ1n) is 10.4. The number of likely N-dealkylation sites (N-methyl/N-ethyl adjacent to an activating group) is 1. The van der Waals surface area contributed by atoms with Crippen molar-refractivity contribution in [2.75, 3.05) is 13.2 Å². The van der Waals surface area contributed by atoms with Crippen molar-refractivity contribution in [2.45, 2.75) is 52.6 Å². The number of nitrogens with zero attached hydrogens (tertiary/aromatic N) is 1. The Balaban J connectivity index is 2.23. The number of carbonyl (C=O) groups is 2. The van der Waals surface area contributed by atoms with Crippen molar-refractivity contribution in [3.63, 3.8) is 0 Å². The molecule has 2 amide bonds. The molecule has 0 aliphatic rings. The van der Waals surface area contributed by atoms with Gasteiger partial charge in [0.05, 0.1) is 4.47 Å². The van der Waals surface area contributed by atoms with E-state index < -0.39 is 6.04 Å². The number of rotatable bonds is 8. The largest absolute Gasteiger partial charge is 0.483 e. The summed E-state index contributed by atoms with van der Waals surface area (Å²) < 4.78 is 6.56. The maximum Gasteiger partial charge on any atom is 0.261 e. The molecule has 1 N–H and O–H groups in total. The molecule has 2 aromatic carbocycles. The predicted molar refractivity (Wildman–Crippen MR) is 133 cm³/mol. The molecule has 0 heterocycles. The Morgan fingerprint density at radius 1 is 1.16 bits per heavy atom. The first kappa shape index (κ1) is 26.5. The molecule has 2 aromatic rings. The molecule has 0 unspecified atom stereocenters. The molecule has 174 valence electrons. The van der Waals surface area contributed by atoms with Gasteiger partial charge >= 0.3 is 0 Å². The van der Waals surface area contributed by atoms with Gasteiger partial charge in [-0.2, -0.15) is 0 Å². The minimum atomic E-state index is -0.731. The molecule has 0 aliphatic heterocycles. The lowest BCUT2D eigenvalue weighted by Crippen LogP contribution is -2.49. The van der Waals surface area contributed by atoms with Crippen LogP contribution in [0.3, 0.4) is 0 Å². The van der Waals surface area contributed by atoms with Crippen LogP contribution in [-0.4, -0.2) is 35.9 Å². The topological polar surface area (TPSA) is 58.6 Å². The third kappa shape index (κ3) is 6.87. The molecular formula is C24H29BrCl2N2O3. The van der Waals surface area contributed by atoms with Crippen LogP contribution in [0.2, 0.25) is 10.0 Å². The highest BCUT2D eigenvalue weighted by atomic mass is 79.9. The lowest BCUT2D eigenvalue weighted by molar-refractivity contribution is -0.142. The molecule has 0 bridgehead atoms. The van der Waals surface area contributed by atoms with Gasteiger partial charge in [0.25, 0.3) is 5.91 Å². The number of carbonyl (C=O) groups excluding carboxylic acids is 2. The van der Waals surface area contributed by atoms with E-state index in [2.05, 4.69) is 42.0 Å². The summed E-state index contributed by atoms with van der Waals surface area (Å²) in [5, 5.41) is 3.61. The molecule has 8 heteroatoms. The second-order valence-electron chi connectivity index (χ2n) is 8.48. The van der Waals surface area contributed by atoms with Gasteiger partial charge in [-0.25, -0.2) is 0 Å². The number of hydrogen-bond acceptors (Lipinski definition) is 3.